The van der Waals surface area contributed by atoms with Crippen LogP contribution in [0.2, 0.25) is 0 Å². The van der Waals surface area contributed by atoms with Crippen molar-refractivity contribution in [2.45, 2.75) is 18.8 Å². The molecular formula is C27H23F2N3O2. The van der Waals surface area contributed by atoms with Crippen molar-refractivity contribution < 1.29 is 18.4 Å². The topological polar surface area (TPSA) is 65.2 Å². The number of aromatic amines is 1. The summed E-state index contributed by atoms with van der Waals surface area (Å²) < 4.78 is 26.8. The molecule has 2 amide bonds. The van der Waals surface area contributed by atoms with Crippen molar-refractivity contribution in [2.75, 3.05) is 18.4 Å². The first kappa shape index (κ1) is 21.8. The van der Waals surface area contributed by atoms with Gasteiger partial charge in [-0.15, -0.1) is 0 Å². The molecule has 2 N–H and O–H groups in total. The number of amides is 2. The fraction of sp³-hybridized carbons (Fsp3) is 0.185. The molecule has 0 radical (unpaired) electrons. The first-order chi connectivity index (χ1) is 16.5. The number of benzene rings is 3. The lowest BCUT2D eigenvalue weighted by Gasteiger charge is -2.33. The summed E-state index contributed by atoms with van der Waals surface area (Å²) in [4.78, 5) is 30.5. The number of nitrogens with zero attached hydrogens (tertiary/aromatic N) is 1. The standard InChI is InChI=1S/C27H23F2N3O2/c28-21-13-22(29)15-23(14-21)30-26(33)25-12-20-11-18(8-9-24(20)31-25)19-7-4-10-32(16-19)27(34)17-5-2-1-3-6-17/h1-3,5-6,8-9,11-15,19,31H,4,7,10,16H2,(H,30,33). The zero-order valence-corrected chi connectivity index (χ0v) is 18.4. The van der Waals surface area contributed by atoms with Crippen molar-refractivity contribution in [3.63, 3.8) is 0 Å². The number of carbonyl (C=O) groups is 2. The van der Waals surface area contributed by atoms with Crippen LogP contribution in [0.25, 0.3) is 10.9 Å². The second kappa shape index (κ2) is 9.09. The number of aromatic nitrogens is 1. The van der Waals surface area contributed by atoms with Crippen LogP contribution in [0.3, 0.4) is 0 Å². The average molecular weight is 459 g/mol. The van der Waals surface area contributed by atoms with Gasteiger partial charge in [-0.3, -0.25) is 9.59 Å². The third-order valence-corrected chi connectivity index (χ3v) is 6.21. The van der Waals surface area contributed by atoms with E-state index >= 15 is 0 Å². The molecule has 1 unspecified atom stereocenters. The van der Waals surface area contributed by atoms with Crippen LogP contribution in [0, 0.1) is 11.6 Å². The van der Waals surface area contributed by atoms with Crippen molar-refractivity contribution in [2.24, 2.45) is 0 Å². The molecule has 2 heterocycles. The molecule has 7 heteroatoms. The molecule has 1 saturated heterocycles. The Bertz CT molecular complexity index is 1350. The number of carbonyl (C=O) groups excluding carboxylic acids is 2. The Morgan fingerprint density at radius 2 is 1.71 bits per heavy atom. The number of rotatable bonds is 4. The van der Waals surface area contributed by atoms with Gasteiger partial charge in [0.2, 0.25) is 0 Å². The number of hydrogen-bond acceptors (Lipinski definition) is 2. The molecule has 1 aromatic heterocycles. The molecule has 1 aliphatic rings. The van der Waals surface area contributed by atoms with Gasteiger partial charge < -0.3 is 15.2 Å². The normalized spacial score (nSPS) is 15.9. The van der Waals surface area contributed by atoms with E-state index in [2.05, 4.69) is 10.3 Å². The quantitative estimate of drug-likeness (QED) is 0.410. The molecule has 0 saturated carbocycles. The Labute approximate surface area is 195 Å². The first-order valence-electron chi connectivity index (χ1n) is 11.2. The van der Waals surface area contributed by atoms with Crippen LogP contribution >= 0.6 is 0 Å². The van der Waals surface area contributed by atoms with Crippen LogP contribution in [-0.2, 0) is 0 Å². The summed E-state index contributed by atoms with van der Waals surface area (Å²) in [5, 5.41) is 3.38. The Balaban J connectivity index is 1.33. The summed E-state index contributed by atoms with van der Waals surface area (Å²) in [5.41, 5.74) is 2.93. The number of anilines is 1. The third-order valence-electron chi connectivity index (χ3n) is 6.21. The Morgan fingerprint density at radius 1 is 0.941 bits per heavy atom. The van der Waals surface area contributed by atoms with E-state index in [1.54, 1.807) is 6.07 Å². The van der Waals surface area contributed by atoms with Crippen LogP contribution < -0.4 is 5.32 Å². The van der Waals surface area contributed by atoms with E-state index in [9.17, 15) is 18.4 Å². The largest absolute Gasteiger partial charge is 0.351 e. The van der Waals surface area contributed by atoms with Crippen molar-refractivity contribution in [3.8, 4) is 0 Å². The van der Waals surface area contributed by atoms with Crippen molar-refractivity contribution in [1.82, 2.24) is 9.88 Å². The molecule has 5 nitrogen and oxygen atoms in total. The summed E-state index contributed by atoms with van der Waals surface area (Å²) in [7, 11) is 0. The summed E-state index contributed by atoms with van der Waals surface area (Å²) >= 11 is 0. The number of likely N-dealkylation sites (tertiary alicyclic amines) is 1. The first-order valence-corrected chi connectivity index (χ1v) is 11.2. The van der Waals surface area contributed by atoms with E-state index in [0.29, 0.717) is 17.8 Å². The Hall–Kier alpha value is -4.00. The van der Waals surface area contributed by atoms with E-state index in [1.807, 2.05) is 53.4 Å². The predicted octanol–water partition coefficient (Wildman–Crippen LogP) is 5.72. The maximum Gasteiger partial charge on any atom is 0.272 e. The third kappa shape index (κ3) is 4.55. The minimum Gasteiger partial charge on any atom is -0.351 e. The monoisotopic (exact) mass is 459 g/mol. The highest BCUT2D eigenvalue weighted by atomic mass is 19.1. The molecular weight excluding hydrogens is 436 g/mol. The van der Waals surface area contributed by atoms with E-state index in [4.69, 9.17) is 0 Å². The number of hydrogen-bond donors (Lipinski definition) is 2. The summed E-state index contributed by atoms with van der Waals surface area (Å²) in [6, 6.07) is 19.9. The summed E-state index contributed by atoms with van der Waals surface area (Å²) in [6.45, 7) is 1.38. The van der Waals surface area contributed by atoms with Gasteiger partial charge in [0.25, 0.3) is 11.8 Å². The second-order valence-electron chi connectivity index (χ2n) is 8.60. The van der Waals surface area contributed by atoms with Crippen LogP contribution in [0.15, 0.2) is 72.8 Å². The van der Waals surface area contributed by atoms with E-state index in [1.165, 1.54) is 0 Å². The molecule has 1 atom stereocenters. The number of fused-ring (bicyclic) bond motifs is 1. The van der Waals surface area contributed by atoms with Gasteiger partial charge in [0.05, 0.1) is 0 Å². The van der Waals surface area contributed by atoms with Gasteiger partial charge in [-0.1, -0.05) is 24.3 Å². The average Bonchev–Trinajstić information content (AvgIpc) is 3.27. The second-order valence-corrected chi connectivity index (χ2v) is 8.60. The van der Waals surface area contributed by atoms with Crippen LogP contribution in [0.1, 0.15) is 45.2 Å². The molecule has 0 aliphatic carbocycles. The minimum absolute atomic E-state index is 0.0424. The van der Waals surface area contributed by atoms with E-state index < -0.39 is 17.5 Å². The Morgan fingerprint density at radius 3 is 2.47 bits per heavy atom. The lowest BCUT2D eigenvalue weighted by atomic mass is 9.89. The molecule has 4 aromatic rings. The Kier molecular flexibility index (Phi) is 5.84. The van der Waals surface area contributed by atoms with Crippen molar-refractivity contribution in [3.05, 3.63) is 101 Å². The molecule has 1 aliphatic heterocycles. The van der Waals surface area contributed by atoms with Gasteiger partial charge in [-0.05, 0) is 60.9 Å². The lowest BCUT2D eigenvalue weighted by molar-refractivity contribution is 0.0707. The highest BCUT2D eigenvalue weighted by molar-refractivity contribution is 6.06. The number of nitrogens with one attached hydrogen (secondary N) is 2. The molecule has 3 aromatic carbocycles. The summed E-state index contributed by atoms with van der Waals surface area (Å²) in [6.07, 6.45) is 1.90. The zero-order valence-electron chi connectivity index (χ0n) is 18.4. The van der Waals surface area contributed by atoms with Crippen LogP contribution in [0.4, 0.5) is 14.5 Å². The fourth-order valence-electron chi connectivity index (χ4n) is 4.55. The lowest BCUT2D eigenvalue weighted by Crippen LogP contribution is -2.39. The van der Waals surface area contributed by atoms with Crippen LogP contribution in [0.5, 0.6) is 0 Å². The van der Waals surface area contributed by atoms with Gasteiger partial charge >= 0.3 is 0 Å². The van der Waals surface area contributed by atoms with Crippen molar-refractivity contribution >= 4 is 28.4 Å². The SMILES string of the molecule is O=C(Nc1cc(F)cc(F)c1)c1cc2cc(C3CCCN(C(=O)c4ccccc4)C3)ccc2[nH]1. The van der Waals surface area contributed by atoms with Gasteiger partial charge in [0, 0.05) is 47.2 Å². The molecule has 5 rings (SSSR count). The maximum absolute atomic E-state index is 13.4. The van der Waals surface area contributed by atoms with Gasteiger partial charge in [-0.25, -0.2) is 8.78 Å². The van der Waals surface area contributed by atoms with E-state index in [-0.39, 0.29) is 17.5 Å². The molecule has 172 valence electrons. The highest BCUT2D eigenvalue weighted by Crippen LogP contribution is 2.30. The molecule has 0 spiro atoms. The highest BCUT2D eigenvalue weighted by Gasteiger charge is 2.26. The molecule has 34 heavy (non-hydrogen) atoms. The van der Waals surface area contributed by atoms with Gasteiger partial charge in [-0.2, -0.15) is 0 Å². The summed E-state index contributed by atoms with van der Waals surface area (Å²) in [5.74, 6) is -1.76. The molecule has 1 fully saturated rings. The predicted molar refractivity (Wildman–Crippen MR) is 127 cm³/mol. The smallest absolute Gasteiger partial charge is 0.272 e. The number of H-pyrrole nitrogens is 1. The maximum atomic E-state index is 13.4. The zero-order chi connectivity index (χ0) is 23.7. The van der Waals surface area contributed by atoms with Gasteiger partial charge in [0.15, 0.2) is 0 Å². The minimum atomic E-state index is -0.760. The van der Waals surface area contributed by atoms with Gasteiger partial charge in [0.1, 0.15) is 17.3 Å². The van der Waals surface area contributed by atoms with E-state index in [0.717, 1.165) is 54.1 Å². The molecule has 0 bridgehead atoms. The number of halogens is 2. The number of piperidine rings is 1. The van der Waals surface area contributed by atoms with Crippen LogP contribution in [-0.4, -0.2) is 34.8 Å². The van der Waals surface area contributed by atoms with Crippen molar-refractivity contribution in [1.29, 1.82) is 0 Å². The fourth-order valence-corrected chi connectivity index (χ4v) is 4.55.